The summed E-state index contributed by atoms with van der Waals surface area (Å²) < 4.78 is 0. The molecule has 0 bridgehead atoms. The zero-order chi connectivity index (χ0) is 20.6. The molecule has 1 rings (SSSR count). The SMILES string of the molecule is CCCCC(CC)C(=O)SCC(=O)N(CC(=O)O)c1c(C)ccc(Cl)c1C. The summed E-state index contributed by atoms with van der Waals surface area (Å²) in [5, 5.41) is 9.71. The Bertz CT molecular complexity index is 693. The summed E-state index contributed by atoms with van der Waals surface area (Å²) in [5.74, 6) is -1.67. The number of aryl methyl sites for hydroxylation is 1. The molecule has 0 saturated heterocycles. The van der Waals surface area contributed by atoms with E-state index in [9.17, 15) is 19.5 Å². The minimum absolute atomic E-state index is 0.00545. The lowest BCUT2D eigenvalue weighted by atomic mass is 10.0. The van der Waals surface area contributed by atoms with Gasteiger partial charge in [-0.1, -0.05) is 56.1 Å². The summed E-state index contributed by atoms with van der Waals surface area (Å²) in [6, 6.07) is 3.47. The Hall–Kier alpha value is -1.53. The van der Waals surface area contributed by atoms with Gasteiger partial charge in [-0.05, 0) is 43.9 Å². The number of thioether (sulfide) groups is 1. The van der Waals surface area contributed by atoms with Gasteiger partial charge in [0.1, 0.15) is 6.54 Å². The smallest absolute Gasteiger partial charge is 0.323 e. The van der Waals surface area contributed by atoms with Crippen LogP contribution in [0.25, 0.3) is 0 Å². The van der Waals surface area contributed by atoms with Crippen LogP contribution in [0.15, 0.2) is 12.1 Å². The van der Waals surface area contributed by atoms with E-state index in [2.05, 4.69) is 6.92 Å². The Balaban J connectivity index is 2.96. The molecular weight excluding hydrogens is 386 g/mol. The maximum Gasteiger partial charge on any atom is 0.323 e. The van der Waals surface area contributed by atoms with Gasteiger partial charge in [-0.15, -0.1) is 0 Å². The quantitative estimate of drug-likeness (QED) is 0.593. The molecule has 1 amide bonds. The first kappa shape index (κ1) is 23.5. The predicted octanol–water partition coefficient (Wildman–Crippen LogP) is 4.85. The monoisotopic (exact) mass is 413 g/mol. The summed E-state index contributed by atoms with van der Waals surface area (Å²) in [4.78, 5) is 37.7. The van der Waals surface area contributed by atoms with Gasteiger partial charge >= 0.3 is 5.97 Å². The van der Waals surface area contributed by atoms with Crippen LogP contribution in [0.3, 0.4) is 0 Å². The molecule has 1 atom stereocenters. The Kier molecular flexibility index (Phi) is 9.88. The molecule has 27 heavy (non-hydrogen) atoms. The van der Waals surface area contributed by atoms with Gasteiger partial charge in [0.15, 0.2) is 5.12 Å². The summed E-state index contributed by atoms with van der Waals surface area (Å²) in [7, 11) is 0. The van der Waals surface area contributed by atoms with E-state index >= 15 is 0 Å². The number of unbranched alkanes of at least 4 members (excludes halogenated alkanes) is 1. The van der Waals surface area contributed by atoms with Crippen LogP contribution in [-0.2, 0) is 14.4 Å². The Labute approximate surface area is 170 Å². The van der Waals surface area contributed by atoms with Crippen molar-refractivity contribution in [3.8, 4) is 0 Å². The fourth-order valence-electron chi connectivity index (χ4n) is 2.92. The molecule has 0 fully saturated rings. The molecule has 0 heterocycles. The van der Waals surface area contributed by atoms with Gasteiger partial charge in [0.05, 0.1) is 11.4 Å². The number of rotatable bonds is 10. The number of hydrogen-bond acceptors (Lipinski definition) is 4. The third kappa shape index (κ3) is 6.85. The summed E-state index contributed by atoms with van der Waals surface area (Å²) >= 11 is 7.14. The molecular formula is C20H28ClNO4S. The van der Waals surface area contributed by atoms with E-state index < -0.39 is 18.4 Å². The molecule has 0 aliphatic carbocycles. The van der Waals surface area contributed by atoms with Crippen LogP contribution in [0.4, 0.5) is 5.69 Å². The number of carbonyl (C=O) groups is 3. The number of amides is 1. The van der Waals surface area contributed by atoms with Crippen molar-refractivity contribution in [1.29, 1.82) is 0 Å². The highest BCUT2D eigenvalue weighted by atomic mass is 35.5. The van der Waals surface area contributed by atoms with Crippen molar-refractivity contribution in [3.63, 3.8) is 0 Å². The van der Waals surface area contributed by atoms with Crippen molar-refractivity contribution in [2.75, 3.05) is 17.2 Å². The van der Waals surface area contributed by atoms with Crippen LogP contribution >= 0.6 is 23.4 Å². The van der Waals surface area contributed by atoms with E-state index in [1.165, 1.54) is 4.90 Å². The van der Waals surface area contributed by atoms with Crippen molar-refractivity contribution in [1.82, 2.24) is 0 Å². The van der Waals surface area contributed by atoms with Crippen molar-refractivity contribution >= 4 is 46.0 Å². The number of carbonyl (C=O) groups excluding carboxylic acids is 2. The predicted molar refractivity (Wildman–Crippen MR) is 112 cm³/mol. The van der Waals surface area contributed by atoms with Crippen molar-refractivity contribution in [3.05, 3.63) is 28.3 Å². The lowest BCUT2D eigenvalue weighted by Crippen LogP contribution is -2.38. The fourth-order valence-corrected chi connectivity index (χ4v) is 4.02. The van der Waals surface area contributed by atoms with Gasteiger partial charge in [-0.3, -0.25) is 19.3 Å². The van der Waals surface area contributed by atoms with E-state index in [-0.39, 0.29) is 16.8 Å². The number of hydrogen-bond donors (Lipinski definition) is 1. The Morgan fingerprint density at radius 2 is 1.89 bits per heavy atom. The van der Waals surface area contributed by atoms with E-state index in [1.54, 1.807) is 26.0 Å². The molecule has 0 aliphatic heterocycles. The number of halogens is 1. The fraction of sp³-hybridized carbons (Fsp3) is 0.550. The lowest BCUT2D eigenvalue weighted by Gasteiger charge is -2.25. The number of benzene rings is 1. The average molecular weight is 414 g/mol. The average Bonchev–Trinajstić information content (AvgIpc) is 2.62. The van der Waals surface area contributed by atoms with Crippen LogP contribution in [0.2, 0.25) is 5.02 Å². The second-order valence-electron chi connectivity index (χ2n) is 6.57. The summed E-state index contributed by atoms with van der Waals surface area (Å²) in [6.07, 6.45) is 3.56. The maximum absolute atomic E-state index is 12.8. The van der Waals surface area contributed by atoms with Crippen LogP contribution < -0.4 is 4.90 Å². The van der Waals surface area contributed by atoms with Gasteiger partial charge in [0, 0.05) is 10.9 Å². The van der Waals surface area contributed by atoms with Crippen LogP contribution in [0.1, 0.15) is 50.7 Å². The minimum Gasteiger partial charge on any atom is -0.480 e. The van der Waals surface area contributed by atoms with Gasteiger partial charge in [0.2, 0.25) is 5.91 Å². The zero-order valence-corrected chi connectivity index (χ0v) is 18.0. The number of carboxylic acid groups (broad SMARTS) is 1. The van der Waals surface area contributed by atoms with Gasteiger partial charge in [-0.2, -0.15) is 0 Å². The molecule has 1 unspecified atom stereocenters. The zero-order valence-electron chi connectivity index (χ0n) is 16.4. The van der Waals surface area contributed by atoms with E-state index in [0.717, 1.165) is 43.0 Å². The molecule has 5 nitrogen and oxygen atoms in total. The van der Waals surface area contributed by atoms with Crippen LogP contribution in [0.5, 0.6) is 0 Å². The number of aliphatic carboxylic acids is 1. The minimum atomic E-state index is -1.12. The molecule has 150 valence electrons. The van der Waals surface area contributed by atoms with Crippen LogP contribution in [-0.4, -0.2) is 34.4 Å². The van der Waals surface area contributed by atoms with E-state index in [1.807, 2.05) is 6.92 Å². The first-order valence-electron chi connectivity index (χ1n) is 9.17. The van der Waals surface area contributed by atoms with E-state index in [0.29, 0.717) is 16.3 Å². The van der Waals surface area contributed by atoms with Gasteiger partial charge < -0.3 is 5.11 Å². The number of nitrogens with zero attached hydrogens (tertiary/aromatic N) is 1. The third-order valence-electron chi connectivity index (χ3n) is 4.50. The Morgan fingerprint density at radius 3 is 2.44 bits per heavy atom. The molecule has 0 aromatic heterocycles. The van der Waals surface area contributed by atoms with Crippen molar-refractivity contribution < 1.29 is 19.5 Å². The second-order valence-corrected chi connectivity index (χ2v) is 7.95. The highest BCUT2D eigenvalue weighted by Crippen LogP contribution is 2.31. The van der Waals surface area contributed by atoms with Crippen molar-refractivity contribution in [2.24, 2.45) is 5.92 Å². The second kappa shape index (κ2) is 11.3. The van der Waals surface area contributed by atoms with Gasteiger partial charge in [-0.25, -0.2) is 0 Å². The molecule has 1 aromatic rings. The molecule has 1 N–H and O–H groups in total. The van der Waals surface area contributed by atoms with Crippen LogP contribution in [0, 0.1) is 19.8 Å². The summed E-state index contributed by atoms with van der Waals surface area (Å²) in [6.45, 7) is 7.13. The van der Waals surface area contributed by atoms with Crippen molar-refractivity contribution in [2.45, 2.75) is 53.4 Å². The number of carboxylic acids is 1. The standard InChI is InChI=1S/C20H28ClNO4S/c1-5-7-8-15(6-2)20(26)27-12-17(23)22(11-18(24)25)19-13(3)9-10-16(21)14(19)4/h9-10,15H,5-8,11-12H2,1-4H3,(H,24,25). The Morgan fingerprint density at radius 1 is 1.22 bits per heavy atom. The molecule has 0 aliphatic rings. The largest absolute Gasteiger partial charge is 0.480 e. The topological polar surface area (TPSA) is 74.7 Å². The molecule has 1 aromatic carbocycles. The van der Waals surface area contributed by atoms with E-state index in [4.69, 9.17) is 11.6 Å². The molecule has 0 saturated carbocycles. The molecule has 0 radical (unpaired) electrons. The highest BCUT2D eigenvalue weighted by Gasteiger charge is 2.25. The highest BCUT2D eigenvalue weighted by molar-refractivity contribution is 8.14. The molecule has 7 heteroatoms. The molecule has 0 spiro atoms. The third-order valence-corrected chi connectivity index (χ3v) is 5.92. The number of anilines is 1. The first-order chi connectivity index (χ1) is 12.7. The normalized spacial score (nSPS) is 11.9. The first-order valence-corrected chi connectivity index (χ1v) is 10.5. The summed E-state index contributed by atoms with van der Waals surface area (Å²) in [5.41, 5.74) is 1.91. The lowest BCUT2D eigenvalue weighted by molar-refractivity contribution is -0.136. The van der Waals surface area contributed by atoms with Gasteiger partial charge in [0.25, 0.3) is 0 Å². The maximum atomic E-state index is 12.8.